The van der Waals surface area contributed by atoms with Crippen LogP contribution in [0.3, 0.4) is 0 Å². The Morgan fingerprint density at radius 2 is 2.25 bits per heavy atom. The Balaban J connectivity index is 3.42. The average molecular weight is 162 g/mol. The van der Waals surface area contributed by atoms with Crippen molar-refractivity contribution in [2.24, 2.45) is 0 Å². The van der Waals surface area contributed by atoms with Crippen LogP contribution in [0.25, 0.3) is 0 Å². The summed E-state index contributed by atoms with van der Waals surface area (Å²) in [6.45, 7) is 0. The van der Waals surface area contributed by atoms with Gasteiger partial charge in [-0.25, -0.2) is 4.39 Å². The standard InChI is InChI=1S/CH3FO4S2/c2-1-7-6-8(3,4)5/h1H2,(H,3,4,5). The third kappa shape index (κ3) is 6.15. The molecule has 1 N–H and O–H groups in total. The lowest BCUT2D eigenvalue weighted by Crippen LogP contribution is -1.96. The van der Waals surface area contributed by atoms with Crippen molar-refractivity contribution >= 4 is 22.4 Å². The number of hydrogen-bond acceptors (Lipinski definition) is 4. The maximum Gasteiger partial charge on any atom is 0.408 e. The van der Waals surface area contributed by atoms with Gasteiger partial charge in [-0.15, -0.1) is 0 Å². The van der Waals surface area contributed by atoms with E-state index < -0.39 is 16.4 Å². The summed E-state index contributed by atoms with van der Waals surface area (Å²) < 4.78 is 41.2. The first-order valence-corrected chi connectivity index (χ1v) is 3.68. The SMILES string of the molecule is O=S(=O)(O)OSCF. The molecule has 8 heavy (non-hydrogen) atoms. The molecule has 4 nitrogen and oxygen atoms in total. The molecule has 0 unspecified atom stereocenters. The Bertz CT molecular complexity index is 138. The largest absolute Gasteiger partial charge is 0.408 e. The van der Waals surface area contributed by atoms with E-state index in [-0.39, 0.29) is 12.0 Å². The van der Waals surface area contributed by atoms with Crippen molar-refractivity contribution in [1.29, 1.82) is 0 Å². The van der Waals surface area contributed by atoms with E-state index in [2.05, 4.69) is 3.63 Å². The zero-order chi connectivity index (χ0) is 6.62. The van der Waals surface area contributed by atoms with Crippen molar-refractivity contribution in [2.75, 3.05) is 6.01 Å². The minimum Gasteiger partial charge on any atom is -0.263 e. The summed E-state index contributed by atoms with van der Waals surface area (Å²) in [5.41, 5.74) is 0. The van der Waals surface area contributed by atoms with Gasteiger partial charge in [0.2, 0.25) is 0 Å². The van der Waals surface area contributed by atoms with Gasteiger partial charge in [0.15, 0.2) is 6.01 Å². The van der Waals surface area contributed by atoms with Crippen molar-refractivity contribution in [3.05, 3.63) is 0 Å². The fourth-order valence-corrected chi connectivity index (χ4v) is 0.711. The quantitative estimate of drug-likeness (QED) is 0.480. The molecule has 0 aromatic heterocycles. The maximum absolute atomic E-state index is 11.0. The van der Waals surface area contributed by atoms with Crippen molar-refractivity contribution in [3.63, 3.8) is 0 Å². The summed E-state index contributed by atoms with van der Waals surface area (Å²) in [5, 5.41) is 0. The second-order valence-electron chi connectivity index (χ2n) is 0.723. The molecule has 0 heterocycles. The van der Waals surface area contributed by atoms with E-state index in [4.69, 9.17) is 4.55 Å². The van der Waals surface area contributed by atoms with E-state index in [1.807, 2.05) is 0 Å². The molecule has 0 atom stereocenters. The highest BCUT2D eigenvalue weighted by molar-refractivity contribution is 8.02. The molecule has 0 spiro atoms. The lowest BCUT2D eigenvalue weighted by Gasteiger charge is -1.89. The van der Waals surface area contributed by atoms with Crippen LogP contribution in [0.2, 0.25) is 0 Å². The average Bonchev–Trinajstić information content (AvgIpc) is 1.59. The van der Waals surface area contributed by atoms with Crippen LogP contribution in [0.15, 0.2) is 0 Å². The van der Waals surface area contributed by atoms with Gasteiger partial charge in [0.1, 0.15) is 0 Å². The molecule has 0 amide bonds. The lowest BCUT2D eigenvalue weighted by atomic mass is 11.8. The van der Waals surface area contributed by atoms with E-state index in [0.29, 0.717) is 0 Å². The van der Waals surface area contributed by atoms with Gasteiger partial charge in [0, 0.05) is 12.0 Å². The molecular formula is CH3FO4S2. The molecule has 7 heteroatoms. The molecule has 0 aliphatic carbocycles. The summed E-state index contributed by atoms with van der Waals surface area (Å²) in [5.74, 6) is 0. The molecule has 0 rings (SSSR count). The molecule has 0 saturated heterocycles. The van der Waals surface area contributed by atoms with Gasteiger partial charge in [0.05, 0.1) is 0 Å². The molecule has 0 bridgehead atoms. The minimum atomic E-state index is -4.46. The minimum absolute atomic E-state index is 0.0104. The van der Waals surface area contributed by atoms with Gasteiger partial charge < -0.3 is 0 Å². The van der Waals surface area contributed by atoms with Crippen LogP contribution in [0, 0.1) is 0 Å². The Hall–Kier alpha value is 0.150. The number of hydrogen-bond donors (Lipinski definition) is 1. The van der Waals surface area contributed by atoms with E-state index in [1.165, 1.54) is 0 Å². The summed E-state index contributed by atoms with van der Waals surface area (Å²) in [6, 6.07) is -1.01. The molecule has 0 aromatic carbocycles. The van der Waals surface area contributed by atoms with E-state index >= 15 is 0 Å². The molecule has 0 aliphatic heterocycles. The van der Waals surface area contributed by atoms with Crippen molar-refractivity contribution in [1.82, 2.24) is 0 Å². The van der Waals surface area contributed by atoms with Crippen LogP contribution in [-0.4, -0.2) is 19.0 Å². The van der Waals surface area contributed by atoms with Crippen LogP contribution in [-0.2, 0) is 14.0 Å². The summed E-state index contributed by atoms with van der Waals surface area (Å²) in [6.07, 6.45) is 0. The van der Waals surface area contributed by atoms with Gasteiger partial charge in [-0.2, -0.15) is 12.0 Å². The number of alkyl halides is 1. The first-order valence-electron chi connectivity index (χ1n) is 1.41. The highest BCUT2D eigenvalue weighted by Gasteiger charge is 2.02. The Morgan fingerprint density at radius 3 is 2.38 bits per heavy atom. The molecule has 50 valence electrons. The molecule has 0 saturated carbocycles. The second kappa shape index (κ2) is 3.23. The highest BCUT2D eigenvalue weighted by Crippen LogP contribution is 2.05. The van der Waals surface area contributed by atoms with Crippen LogP contribution in [0.1, 0.15) is 0 Å². The zero-order valence-electron chi connectivity index (χ0n) is 3.57. The van der Waals surface area contributed by atoms with Crippen LogP contribution in [0.4, 0.5) is 4.39 Å². The fraction of sp³-hybridized carbons (Fsp3) is 1.00. The van der Waals surface area contributed by atoms with E-state index in [0.717, 1.165) is 0 Å². The summed E-state index contributed by atoms with van der Waals surface area (Å²) in [7, 11) is -4.46. The third-order valence-electron chi connectivity index (χ3n) is 0.179. The molecule has 0 aromatic rings. The number of halogens is 1. The smallest absolute Gasteiger partial charge is 0.263 e. The molecule has 0 aliphatic rings. The maximum atomic E-state index is 11.0. The monoisotopic (exact) mass is 162 g/mol. The van der Waals surface area contributed by atoms with Crippen LogP contribution >= 0.6 is 12.0 Å². The van der Waals surface area contributed by atoms with Gasteiger partial charge in [-0.1, -0.05) is 0 Å². The molecule has 0 fully saturated rings. The first kappa shape index (κ1) is 8.15. The predicted octanol–water partition coefficient (Wildman–Crippen LogP) is 0.381. The normalized spacial score (nSPS) is 11.8. The second-order valence-corrected chi connectivity index (χ2v) is 2.58. The summed E-state index contributed by atoms with van der Waals surface area (Å²) in [4.78, 5) is 0. The van der Waals surface area contributed by atoms with Crippen molar-refractivity contribution in [3.8, 4) is 0 Å². The van der Waals surface area contributed by atoms with Gasteiger partial charge in [0.25, 0.3) is 0 Å². The molecular weight excluding hydrogens is 159 g/mol. The van der Waals surface area contributed by atoms with Crippen molar-refractivity contribution < 1.29 is 21.0 Å². The lowest BCUT2D eigenvalue weighted by molar-refractivity contribution is 0.405. The fourth-order valence-electron chi connectivity index (χ4n) is 0.0790. The topological polar surface area (TPSA) is 63.6 Å². The number of rotatable bonds is 3. The van der Waals surface area contributed by atoms with Gasteiger partial charge in [-0.3, -0.25) is 4.55 Å². The third-order valence-corrected chi connectivity index (χ3v) is 1.34. The Kier molecular flexibility index (Phi) is 3.29. The van der Waals surface area contributed by atoms with Crippen molar-refractivity contribution in [2.45, 2.75) is 0 Å². The van der Waals surface area contributed by atoms with E-state index in [9.17, 15) is 12.8 Å². The first-order chi connectivity index (χ1) is 3.56. The van der Waals surface area contributed by atoms with Gasteiger partial charge >= 0.3 is 10.4 Å². The Labute approximate surface area is 50.2 Å². The Morgan fingerprint density at radius 1 is 1.75 bits per heavy atom. The summed E-state index contributed by atoms with van der Waals surface area (Å²) >= 11 is 0.0104. The predicted molar refractivity (Wildman–Crippen MR) is 26.2 cm³/mol. The molecule has 0 radical (unpaired) electrons. The van der Waals surface area contributed by atoms with Crippen LogP contribution < -0.4 is 0 Å². The van der Waals surface area contributed by atoms with Crippen LogP contribution in [0.5, 0.6) is 0 Å². The highest BCUT2D eigenvalue weighted by atomic mass is 32.3. The van der Waals surface area contributed by atoms with E-state index in [1.54, 1.807) is 0 Å². The zero-order valence-corrected chi connectivity index (χ0v) is 5.21. The van der Waals surface area contributed by atoms with Gasteiger partial charge in [-0.05, 0) is 0 Å².